The molecule has 6 heteroatoms. The largest absolute Gasteiger partial charge is 0.492 e. The van der Waals surface area contributed by atoms with Crippen molar-refractivity contribution in [1.29, 1.82) is 0 Å². The summed E-state index contributed by atoms with van der Waals surface area (Å²) in [4.78, 5) is 14.4. The quantitative estimate of drug-likeness (QED) is 0.646. The van der Waals surface area contributed by atoms with Crippen LogP contribution in [0.2, 0.25) is 0 Å². The number of aryl methyl sites for hydroxylation is 2. The molecule has 0 aliphatic rings. The van der Waals surface area contributed by atoms with E-state index >= 15 is 0 Å². The number of hydrogen-bond acceptors (Lipinski definition) is 3. The number of carbonyl (C=O) groups is 1. The van der Waals surface area contributed by atoms with Crippen LogP contribution in [0.3, 0.4) is 0 Å². The molecule has 0 aliphatic heterocycles. The van der Waals surface area contributed by atoms with E-state index in [1.54, 1.807) is 37.1 Å². The van der Waals surface area contributed by atoms with Crippen LogP contribution < -0.4 is 4.74 Å². The summed E-state index contributed by atoms with van der Waals surface area (Å²) in [6.07, 6.45) is 1.48. The number of nitrogens with zero attached hydrogens (tertiary/aromatic N) is 3. The first-order chi connectivity index (χ1) is 13.4. The predicted molar refractivity (Wildman–Crippen MR) is 107 cm³/mol. The Labute approximate surface area is 164 Å². The van der Waals surface area contributed by atoms with Gasteiger partial charge in [-0.2, -0.15) is 5.10 Å². The summed E-state index contributed by atoms with van der Waals surface area (Å²) >= 11 is 0. The Morgan fingerprint density at radius 3 is 2.50 bits per heavy atom. The fourth-order valence-electron chi connectivity index (χ4n) is 3.11. The molecule has 0 aliphatic carbocycles. The zero-order valence-corrected chi connectivity index (χ0v) is 16.6. The van der Waals surface area contributed by atoms with E-state index < -0.39 is 0 Å². The van der Waals surface area contributed by atoms with Crippen LogP contribution in [-0.2, 0) is 0 Å². The second-order valence-corrected chi connectivity index (χ2v) is 6.91. The van der Waals surface area contributed by atoms with Crippen molar-refractivity contribution in [3.63, 3.8) is 0 Å². The summed E-state index contributed by atoms with van der Waals surface area (Å²) in [5.41, 5.74) is 3.63. The Kier molecular flexibility index (Phi) is 5.78. The Bertz CT molecular complexity index is 977. The number of rotatable bonds is 6. The Balaban J connectivity index is 1.66. The van der Waals surface area contributed by atoms with Gasteiger partial charge in [-0.15, -0.1) is 0 Å². The molecule has 0 atom stereocenters. The van der Waals surface area contributed by atoms with Crippen molar-refractivity contribution in [2.75, 3.05) is 20.2 Å². The number of hydrogen-bond donors (Lipinski definition) is 0. The summed E-state index contributed by atoms with van der Waals surface area (Å²) in [5.74, 6) is 0.230. The molecule has 28 heavy (non-hydrogen) atoms. The Morgan fingerprint density at radius 2 is 1.82 bits per heavy atom. The van der Waals surface area contributed by atoms with Crippen molar-refractivity contribution in [3.05, 3.63) is 76.9 Å². The first kappa shape index (κ1) is 19.6. The molecule has 5 nitrogen and oxygen atoms in total. The lowest BCUT2D eigenvalue weighted by molar-refractivity contribution is 0.0773. The maximum atomic E-state index is 14.0. The third-order valence-electron chi connectivity index (χ3n) is 4.56. The fraction of sp³-hybridized carbons (Fsp3) is 0.273. The Morgan fingerprint density at radius 1 is 1.14 bits per heavy atom. The molecule has 1 heterocycles. The average Bonchev–Trinajstić information content (AvgIpc) is 3.02. The SMILES string of the molecule is Cc1cc(C)cc(OCCN(C)C(=O)c2cnn(-c3ccccc3F)c2C)c1. The smallest absolute Gasteiger partial charge is 0.257 e. The highest BCUT2D eigenvalue weighted by atomic mass is 19.1. The van der Waals surface area contributed by atoms with E-state index in [-0.39, 0.29) is 11.7 Å². The van der Waals surface area contributed by atoms with E-state index in [1.165, 1.54) is 16.9 Å². The van der Waals surface area contributed by atoms with E-state index in [0.717, 1.165) is 16.9 Å². The molecule has 1 aromatic heterocycles. The highest BCUT2D eigenvalue weighted by Gasteiger charge is 2.19. The third kappa shape index (κ3) is 4.22. The maximum Gasteiger partial charge on any atom is 0.257 e. The molecule has 0 bridgehead atoms. The molecular weight excluding hydrogens is 357 g/mol. The molecule has 3 rings (SSSR count). The number of amides is 1. The van der Waals surface area contributed by atoms with Crippen molar-refractivity contribution in [3.8, 4) is 11.4 Å². The van der Waals surface area contributed by atoms with Gasteiger partial charge >= 0.3 is 0 Å². The van der Waals surface area contributed by atoms with Crippen molar-refractivity contribution < 1.29 is 13.9 Å². The average molecular weight is 381 g/mol. The predicted octanol–water partition coefficient (Wildman–Crippen LogP) is 4.09. The lowest BCUT2D eigenvalue weighted by Gasteiger charge is -2.17. The molecule has 0 N–H and O–H groups in total. The van der Waals surface area contributed by atoms with Gasteiger partial charge in [0.15, 0.2) is 0 Å². The minimum Gasteiger partial charge on any atom is -0.492 e. The summed E-state index contributed by atoms with van der Waals surface area (Å²) in [6.45, 7) is 6.60. The zero-order chi connectivity index (χ0) is 20.3. The second-order valence-electron chi connectivity index (χ2n) is 6.91. The minimum atomic E-state index is -0.386. The monoisotopic (exact) mass is 381 g/mol. The minimum absolute atomic E-state index is 0.177. The van der Waals surface area contributed by atoms with Gasteiger partial charge in [0.25, 0.3) is 5.91 Å². The number of para-hydroxylation sites is 1. The fourth-order valence-corrected chi connectivity index (χ4v) is 3.11. The standard InChI is InChI=1S/C22H24FN3O2/c1-15-11-16(2)13-18(12-15)28-10-9-25(4)22(27)19-14-24-26(17(19)3)21-8-6-5-7-20(21)23/h5-8,11-14H,9-10H2,1-4H3. The van der Waals surface area contributed by atoms with E-state index in [9.17, 15) is 9.18 Å². The van der Waals surface area contributed by atoms with Crippen LogP contribution in [0.15, 0.2) is 48.7 Å². The first-order valence-electron chi connectivity index (χ1n) is 9.13. The van der Waals surface area contributed by atoms with Crippen molar-refractivity contribution in [2.45, 2.75) is 20.8 Å². The molecule has 0 fully saturated rings. The van der Waals surface area contributed by atoms with Gasteiger partial charge in [-0.1, -0.05) is 18.2 Å². The third-order valence-corrected chi connectivity index (χ3v) is 4.56. The molecule has 0 radical (unpaired) electrons. The number of aromatic nitrogens is 2. The molecule has 1 amide bonds. The molecular formula is C22H24FN3O2. The molecule has 0 saturated heterocycles. The van der Waals surface area contributed by atoms with Crippen LogP contribution >= 0.6 is 0 Å². The van der Waals surface area contributed by atoms with Crippen molar-refractivity contribution in [2.24, 2.45) is 0 Å². The second kappa shape index (κ2) is 8.25. The van der Waals surface area contributed by atoms with Crippen LogP contribution in [0.4, 0.5) is 4.39 Å². The Hall–Kier alpha value is -3.15. The van der Waals surface area contributed by atoms with E-state index in [1.807, 2.05) is 26.0 Å². The highest BCUT2D eigenvalue weighted by molar-refractivity contribution is 5.95. The van der Waals surface area contributed by atoms with Gasteiger partial charge in [0, 0.05) is 7.05 Å². The van der Waals surface area contributed by atoms with E-state index in [2.05, 4.69) is 11.2 Å². The van der Waals surface area contributed by atoms with Crippen LogP contribution in [0.25, 0.3) is 5.69 Å². The van der Waals surface area contributed by atoms with Crippen LogP contribution in [0.5, 0.6) is 5.75 Å². The number of ether oxygens (including phenoxy) is 1. The summed E-state index contributed by atoms with van der Waals surface area (Å²) in [6, 6.07) is 12.4. The summed E-state index contributed by atoms with van der Waals surface area (Å²) < 4.78 is 21.3. The number of carbonyl (C=O) groups excluding carboxylic acids is 1. The number of halogens is 1. The van der Waals surface area contributed by atoms with Crippen molar-refractivity contribution >= 4 is 5.91 Å². The summed E-state index contributed by atoms with van der Waals surface area (Å²) in [7, 11) is 1.72. The molecule has 2 aromatic carbocycles. The molecule has 0 unspecified atom stereocenters. The summed E-state index contributed by atoms with van der Waals surface area (Å²) in [5, 5.41) is 4.20. The van der Waals surface area contributed by atoms with E-state index in [4.69, 9.17) is 4.74 Å². The van der Waals surface area contributed by atoms with Crippen LogP contribution in [0, 0.1) is 26.6 Å². The van der Waals surface area contributed by atoms with Gasteiger partial charge in [0.05, 0.1) is 24.0 Å². The lowest BCUT2D eigenvalue weighted by Crippen LogP contribution is -2.31. The molecule has 0 spiro atoms. The normalized spacial score (nSPS) is 10.8. The van der Waals surface area contributed by atoms with Gasteiger partial charge in [-0.05, 0) is 56.2 Å². The highest BCUT2D eigenvalue weighted by Crippen LogP contribution is 2.19. The molecule has 3 aromatic rings. The lowest BCUT2D eigenvalue weighted by atomic mass is 10.1. The first-order valence-corrected chi connectivity index (χ1v) is 9.13. The molecule has 146 valence electrons. The van der Waals surface area contributed by atoms with E-state index in [0.29, 0.717) is 30.1 Å². The van der Waals surface area contributed by atoms with Gasteiger partial charge in [-0.25, -0.2) is 9.07 Å². The maximum absolute atomic E-state index is 14.0. The zero-order valence-electron chi connectivity index (χ0n) is 16.6. The van der Waals surface area contributed by atoms with Gasteiger partial charge in [0.1, 0.15) is 23.9 Å². The number of benzene rings is 2. The number of likely N-dealkylation sites (N-methyl/N-ethyl adjacent to an activating group) is 1. The van der Waals surface area contributed by atoms with Gasteiger partial charge in [0.2, 0.25) is 0 Å². The van der Waals surface area contributed by atoms with Crippen LogP contribution in [0.1, 0.15) is 27.2 Å². The topological polar surface area (TPSA) is 47.4 Å². The van der Waals surface area contributed by atoms with Gasteiger partial charge < -0.3 is 9.64 Å². The van der Waals surface area contributed by atoms with Crippen molar-refractivity contribution in [1.82, 2.24) is 14.7 Å². The van der Waals surface area contributed by atoms with Gasteiger partial charge in [-0.3, -0.25) is 4.79 Å². The molecule has 0 saturated carbocycles. The van der Waals surface area contributed by atoms with Crippen LogP contribution in [-0.4, -0.2) is 40.8 Å².